The van der Waals surface area contributed by atoms with Crippen molar-refractivity contribution in [3.05, 3.63) is 0 Å². The van der Waals surface area contributed by atoms with E-state index in [0.29, 0.717) is 6.42 Å². The number of rotatable bonds is 6. The van der Waals surface area contributed by atoms with Crippen molar-refractivity contribution < 1.29 is 14.4 Å². The van der Waals surface area contributed by atoms with Crippen LogP contribution in [-0.4, -0.2) is 30.4 Å². The van der Waals surface area contributed by atoms with E-state index in [1.165, 1.54) is 0 Å². The number of carbonyl (C=O) groups is 2. The first-order valence-corrected chi connectivity index (χ1v) is 4.76. The lowest BCUT2D eigenvalue weighted by Crippen LogP contribution is -2.36. The van der Waals surface area contributed by atoms with Gasteiger partial charge in [0.15, 0.2) is 0 Å². The van der Waals surface area contributed by atoms with Crippen molar-refractivity contribution in [1.29, 1.82) is 0 Å². The maximum Gasteiger partial charge on any atom is 0.348 e. The molecular weight excluding hydrogens is 180 g/mol. The fraction of sp³-hybridized carbons (Fsp3) is 0.667. The molecule has 0 aliphatic rings. The van der Waals surface area contributed by atoms with Crippen LogP contribution < -0.4 is 11.2 Å². The summed E-state index contributed by atoms with van der Waals surface area (Å²) in [5.41, 5.74) is 7.19. The molecule has 12 heavy (non-hydrogen) atoms. The van der Waals surface area contributed by atoms with Gasteiger partial charge in [-0.05, 0) is 18.4 Å². The molecule has 5 nitrogen and oxygen atoms in total. The Labute approximate surface area is 75.0 Å². The third-order valence-corrected chi connectivity index (χ3v) is 1.79. The minimum Gasteiger partial charge on any atom is -0.339 e. The van der Waals surface area contributed by atoms with Crippen LogP contribution in [0.2, 0.25) is 0 Å². The van der Waals surface area contributed by atoms with E-state index < -0.39 is 12.0 Å². The van der Waals surface area contributed by atoms with Crippen molar-refractivity contribution in [3.63, 3.8) is 0 Å². The number of thioether (sulfide) groups is 1. The van der Waals surface area contributed by atoms with Gasteiger partial charge in [0, 0.05) is 0 Å². The van der Waals surface area contributed by atoms with Gasteiger partial charge in [0.1, 0.15) is 6.04 Å². The van der Waals surface area contributed by atoms with Crippen molar-refractivity contribution in [3.8, 4) is 0 Å². The summed E-state index contributed by atoms with van der Waals surface area (Å²) in [4.78, 5) is 24.8. The lowest BCUT2D eigenvalue weighted by molar-refractivity contribution is -0.155. The summed E-state index contributed by atoms with van der Waals surface area (Å²) in [7, 11) is 0. The van der Waals surface area contributed by atoms with Crippen LogP contribution in [0.4, 0.5) is 0 Å². The molecule has 3 N–H and O–H groups in total. The molecule has 0 saturated carbocycles. The number of nitrogens with one attached hydrogen (secondary N) is 1. The largest absolute Gasteiger partial charge is 0.348 e. The number of carbonyl (C=O) groups excluding carboxylic acids is 2. The van der Waals surface area contributed by atoms with Gasteiger partial charge in [0.2, 0.25) is 6.41 Å². The van der Waals surface area contributed by atoms with Crippen LogP contribution in [-0.2, 0) is 14.4 Å². The van der Waals surface area contributed by atoms with E-state index in [9.17, 15) is 9.59 Å². The standard InChI is InChI=1S/C6H12N2O3S/c1-12-3-2-5(7)6(10)11-8-4-9/h4-5H,2-3,7H2,1H3,(H,8,9)/t5-/m0/s1. The fourth-order valence-electron chi connectivity index (χ4n) is 0.520. The Morgan fingerprint density at radius 3 is 3.00 bits per heavy atom. The molecule has 0 heterocycles. The van der Waals surface area contributed by atoms with Gasteiger partial charge in [0.25, 0.3) is 0 Å². The second-order valence-electron chi connectivity index (χ2n) is 2.04. The second-order valence-corrected chi connectivity index (χ2v) is 3.03. The topological polar surface area (TPSA) is 81.4 Å². The molecule has 0 saturated heterocycles. The highest BCUT2D eigenvalue weighted by Crippen LogP contribution is 1.99. The SMILES string of the molecule is CSCC[C@H](N)C(=O)ONC=O. The average Bonchev–Trinajstić information content (AvgIpc) is 2.10. The van der Waals surface area contributed by atoms with Crippen LogP contribution in [0, 0.1) is 0 Å². The Morgan fingerprint density at radius 2 is 2.50 bits per heavy atom. The zero-order valence-electron chi connectivity index (χ0n) is 6.78. The van der Waals surface area contributed by atoms with Crippen molar-refractivity contribution in [1.82, 2.24) is 5.48 Å². The quantitative estimate of drug-likeness (QED) is 0.428. The van der Waals surface area contributed by atoms with Gasteiger partial charge >= 0.3 is 5.97 Å². The summed E-state index contributed by atoms with van der Waals surface area (Å²) in [5.74, 6) is 0.174. The van der Waals surface area contributed by atoms with E-state index in [-0.39, 0.29) is 6.41 Å². The molecule has 0 aromatic heterocycles. The van der Waals surface area contributed by atoms with Crippen LogP contribution in [0.1, 0.15) is 6.42 Å². The average molecular weight is 192 g/mol. The molecule has 0 unspecified atom stereocenters. The second kappa shape index (κ2) is 6.93. The molecule has 0 aliphatic heterocycles. The minimum atomic E-state index is -0.662. The Bertz CT molecular complexity index is 154. The van der Waals surface area contributed by atoms with Crippen molar-refractivity contribution in [2.24, 2.45) is 5.73 Å². The van der Waals surface area contributed by atoms with Gasteiger partial charge in [-0.1, -0.05) is 0 Å². The zero-order valence-corrected chi connectivity index (χ0v) is 7.60. The molecule has 70 valence electrons. The fourth-order valence-corrected chi connectivity index (χ4v) is 1.01. The zero-order chi connectivity index (χ0) is 9.40. The summed E-state index contributed by atoms with van der Waals surface area (Å²) in [6.07, 6.45) is 2.74. The van der Waals surface area contributed by atoms with Crippen LogP contribution in [0.5, 0.6) is 0 Å². The summed E-state index contributed by atoms with van der Waals surface area (Å²) < 4.78 is 0. The molecule has 0 aliphatic carbocycles. The van der Waals surface area contributed by atoms with Crippen LogP contribution in [0.3, 0.4) is 0 Å². The third kappa shape index (κ3) is 4.97. The molecule has 6 heteroatoms. The highest BCUT2D eigenvalue weighted by Gasteiger charge is 2.14. The Hall–Kier alpha value is -0.750. The van der Waals surface area contributed by atoms with Crippen molar-refractivity contribution >= 4 is 24.1 Å². The molecular formula is C6H12N2O3S. The summed E-state index contributed by atoms with van der Waals surface area (Å²) in [5, 5.41) is 0. The Morgan fingerprint density at radius 1 is 1.83 bits per heavy atom. The summed E-state index contributed by atoms with van der Waals surface area (Å²) in [6.45, 7) is 0. The normalized spacial score (nSPS) is 11.8. The van der Waals surface area contributed by atoms with E-state index in [4.69, 9.17) is 5.73 Å². The van der Waals surface area contributed by atoms with Crippen LogP contribution in [0.15, 0.2) is 0 Å². The first-order chi connectivity index (χ1) is 5.72. The maximum atomic E-state index is 10.8. The lowest BCUT2D eigenvalue weighted by atomic mass is 10.2. The van der Waals surface area contributed by atoms with Gasteiger partial charge in [0.05, 0.1) is 0 Å². The molecule has 0 aromatic carbocycles. The predicted molar refractivity (Wildman–Crippen MR) is 46.3 cm³/mol. The predicted octanol–water partition coefficient (Wildman–Crippen LogP) is -0.729. The first-order valence-electron chi connectivity index (χ1n) is 3.36. The monoisotopic (exact) mass is 192 g/mol. The van der Waals surface area contributed by atoms with Crippen molar-refractivity contribution in [2.75, 3.05) is 12.0 Å². The molecule has 1 atom stereocenters. The summed E-state index contributed by atoms with van der Waals surface area (Å²) in [6, 6.07) is -0.662. The minimum absolute atomic E-state index is 0.277. The molecule has 0 radical (unpaired) electrons. The molecule has 0 fully saturated rings. The van der Waals surface area contributed by atoms with Crippen LogP contribution >= 0.6 is 11.8 Å². The molecule has 0 spiro atoms. The van der Waals surface area contributed by atoms with E-state index in [1.807, 2.05) is 6.26 Å². The molecule has 0 bridgehead atoms. The Balaban J connectivity index is 3.53. The molecule has 0 aromatic rings. The number of hydrogen-bond donors (Lipinski definition) is 2. The van der Waals surface area contributed by atoms with Crippen molar-refractivity contribution in [2.45, 2.75) is 12.5 Å². The lowest BCUT2D eigenvalue weighted by Gasteiger charge is -2.07. The first kappa shape index (κ1) is 11.2. The van der Waals surface area contributed by atoms with Gasteiger partial charge in [-0.3, -0.25) is 4.79 Å². The molecule has 0 rings (SSSR count). The highest BCUT2D eigenvalue weighted by molar-refractivity contribution is 7.98. The van der Waals surface area contributed by atoms with E-state index in [0.717, 1.165) is 5.75 Å². The smallest absolute Gasteiger partial charge is 0.339 e. The highest BCUT2D eigenvalue weighted by atomic mass is 32.2. The van der Waals surface area contributed by atoms with Gasteiger partial charge in [-0.15, -0.1) is 0 Å². The number of nitrogens with two attached hydrogens (primary N) is 1. The number of hydroxylamine groups is 1. The van der Waals surface area contributed by atoms with Crippen LogP contribution in [0.25, 0.3) is 0 Å². The third-order valence-electron chi connectivity index (χ3n) is 1.14. The van der Waals surface area contributed by atoms with Gasteiger partial charge in [-0.2, -0.15) is 17.2 Å². The maximum absolute atomic E-state index is 10.8. The van der Waals surface area contributed by atoms with E-state index in [2.05, 4.69) is 4.84 Å². The number of amides is 1. The molecule has 1 amide bonds. The van der Waals surface area contributed by atoms with E-state index in [1.54, 1.807) is 17.2 Å². The van der Waals surface area contributed by atoms with E-state index >= 15 is 0 Å². The Kier molecular flexibility index (Phi) is 6.50. The summed E-state index contributed by atoms with van der Waals surface area (Å²) >= 11 is 1.59. The van der Waals surface area contributed by atoms with Gasteiger partial charge in [-0.25, -0.2) is 4.79 Å². The van der Waals surface area contributed by atoms with Gasteiger partial charge < -0.3 is 10.6 Å². The number of hydrogen-bond acceptors (Lipinski definition) is 5.